The van der Waals surface area contributed by atoms with Gasteiger partial charge >= 0.3 is 0 Å². The molecule has 0 aliphatic carbocycles. The van der Waals surface area contributed by atoms with Crippen LogP contribution in [-0.4, -0.2) is 32.9 Å². The number of aromatic nitrogens is 5. The van der Waals surface area contributed by atoms with Gasteiger partial charge in [0.25, 0.3) is 10.0 Å². The topological polar surface area (TPSA) is 115 Å². The molecule has 0 bridgehead atoms. The third-order valence-corrected chi connectivity index (χ3v) is 6.43. The number of sulfonamides is 1. The van der Waals surface area contributed by atoms with E-state index in [2.05, 4.69) is 30.0 Å². The quantitative estimate of drug-likeness (QED) is 0.395. The maximum absolute atomic E-state index is 13.0. The van der Waals surface area contributed by atoms with Gasteiger partial charge in [-0.05, 0) is 43.3 Å². The Morgan fingerprint density at radius 1 is 0.848 bits per heavy atom. The van der Waals surface area contributed by atoms with E-state index in [-0.39, 0.29) is 4.90 Å². The van der Waals surface area contributed by atoms with E-state index in [4.69, 9.17) is 0 Å². The molecule has 0 aliphatic heterocycles. The second-order valence-electron chi connectivity index (χ2n) is 7.25. The molecule has 0 aliphatic rings. The molecule has 0 spiro atoms. The number of para-hydroxylation sites is 1. The van der Waals surface area contributed by atoms with Gasteiger partial charge in [0, 0.05) is 41.4 Å². The highest BCUT2D eigenvalue weighted by Gasteiger charge is 2.18. The number of aryl methyl sites for hydroxylation is 1. The van der Waals surface area contributed by atoms with Crippen LogP contribution in [0.3, 0.4) is 0 Å². The van der Waals surface area contributed by atoms with Crippen molar-refractivity contribution >= 4 is 38.1 Å². The van der Waals surface area contributed by atoms with Crippen LogP contribution in [0.15, 0.2) is 90.5 Å². The molecule has 0 fully saturated rings. The standard InChI is InChI=1S/C23H19N7O2S/c1-16-24-12-13-30(16)22-14-21(26-15-27-22)28-18-7-9-19(10-8-18)29-33(31,32)20-6-2-4-17-5-3-11-25-23(17)20/h2-15,29H,1H3,(H,26,27,28). The minimum absolute atomic E-state index is 0.131. The van der Waals surface area contributed by atoms with Gasteiger partial charge in [-0.15, -0.1) is 0 Å². The van der Waals surface area contributed by atoms with E-state index in [1.54, 1.807) is 60.9 Å². The fourth-order valence-electron chi connectivity index (χ4n) is 3.44. The monoisotopic (exact) mass is 457 g/mol. The molecule has 0 radical (unpaired) electrons. The van der Waals surface area contributed by atoms with Gasteiger partial charge in [-0.2, -0.15) is 0 Å². The summed E-state index contributed by atoms with van der Waals surface area (Å²) in [4.78, 5) is 17.1. The summed E-state index contributed by atoms with van der Waals surface area (Å²) in [6.07, 6.45) is 6.58. The first kappa shape index (κ1) is 20.6. The molecule has 2 N–H and O–H groups in total. The minimum atomic E-state index is -3.81. The van der Waals surface area contributed by atoms with Gasteiger partial charge in [-0.1, -0.05) is 18.2 Å². The van der Waals surface area contributed by atoms with Crippen LogP contribution in [0, 0.1) is 6.92 Å². The Balaban J connectivity index is 1.35. The van der Waals surface area contributed by atoms with Crippen LogP contribution in [0.2, 0.25) is 0 Å². The molecule has 2 aromatic carbocycles. The van der Waals surface area contributed by atoms with Crippen molar-refractivity contribution < 1.29 is 8.42 Å². The molecule has 5 rings (SSSR count). The molecule has 3 aromatic heterocycles. The molecule has 33 heavy (non-hydrogen) atoms. The fourth-order valence-corrected chi connectivity index (χ4v) is 4.68. The Morgan fingerprint density at radius 3 is 2.42 bits per heavy atom. The molecule has 3 heterocycles. The van der Waals surface area contributed by atoms with Gasteiger partial charge in [-0.3, -0.25) is 14.3 Å². The summed E-state index contributed by atoms with van der Waals surface area (Å²) in [7, 11) is -3.81. The number of imidazole rings is 1. The van der Waals surface area contributed by atoms with Crippen molar-refractivity contribution in [2.75, 3.05) is 10.0 Å². The Morgan fingerprint density at radius 2 is 1.64 bits per heavy atom. The fraction of sp³-hybridized carbons (Fsp3) is 0.0435. The molecule has 5 aromatic rings. The van der Waals surface area contributed by atoms with Gasteiger partial charge in [-0.25, -0.2) is 23.4 Å². The largest absolute Gasteiger partial charge is 0.340 e. The molecule has 10 heteroatoms. The highest BCUT2D eigenvalue weighted by molar-refractivity contribution is 7.93. The van der Waals surface area contributed by atoms with E-state index < -0.39 is 10.0 Å². The van der Waals surface area contributed by atoms with Crippen LogP contribution < -0.4 is 10.0 Å². The zero-order valence-corrected chi connectivity index (χ0v) is 18.4. The van der Waals surface area contributed by atoms with Crippen molar-refractivity contribution in [2.45, 2.75) is 11.8 Å². The maximum atomic E-state index is 13.0. The molecule has 0 saturated heterocycles. The van der Waals surface area contributed by atoms with Gasteiger partial charge < -0.3 is 5.32 Å². The van der Waals surface area contributed by atoms with Crippen LogP contribution in [0.25, 0.3) is 16.7 Å². The van der Waals surface area contributed by atoms with Crippen molar-refractivity contribution in [1.29, 1.82) is 0 Å². The van der Waals surface area contributed by atoms with Crippen molar-refractivity contribution in [2.24, 2.45) is 0 Å². The third kappa shape index (κ3) is 4.23. The molecular weight excluding hydrogens is 438 g/mol. The molecular formula is C23H19N7O2S. The Labute approximate surface area is 190 Å². The minimum Gasteiger partial charge on any atom is -0.340 e. The second kappa shape index (κ2) is 8.32. The van der Waals surface area contributed by atoms with E-state index in [9.17, 15) is 8.42 Å². The number of nitrogens with one attached hydrogen (secondary N) is 2. The normalized spacial score (nSPS) is 11.4. The summed E-state index contributed by atoms with van der Waals surface area (Å²) in [5, 5.41) is 3.96. The summed E-state index contributed by atoms with van der Waals surface area (Å²) < 4.78 is 30.4. The lowest BCUT2D eigenvalue weighted by Crippen LogP contribution is -2.13. The number of rotatable bonds is 6. The van der Waals surface area contributed by atoms with Crippen LogP contribution in [0.4, 0.5) is 17.2 Å². The number of fused-ring (bicyclic) bond motifs is 1. The maximum Gasteiger partial charge on any atom is 0.264 e. The number of anilines is 3. The molecule has 0 amide bonds. The first-order chi connectivity index (χ1) is 16.0. The van der Waals surface area contributed by atoms with E-state index in [1.807, 2.05) is 29.8 Å². The van der Waals surface area contributed by atoms with Gasteiger partial charge in [0.05, 0.1) is 5.52 Å². The predicted octanol–water partition coefficient (Wildman–Crippen LogP) is 4.06. The van der Waals surface area contributed by atoms with E-state index >= 15 is 0 Å². The van der Waals surface area contributed by atoms with Gasteiger partial charge in [0.1, 0.15) is 28.7 Å². The van der Waals surface area contributed by atoms with Crippen LogP contribution >= 0.6 is 0 Å². The zero-order chi connectivity index (χ0) is 22.8. The Kier molecular flexibility index (Phi) is 5.19. The van der Waals surface area contributed by atoms with Crippen molar-refractivity contribution in [3.8, 4) is 5.82 Å². The van der Waals surface area contributed by atoms with E-state index in [0.717, 1.165) is 16.9 Å². The summed E-state index contributed by atoms with van der Waals surface area (Å²) in [5.74, 6) is 2.11. The predicted molar refractivity (Wildman–Crippen MR) is 126 cm³/mol. The summed E-state index contributed by atoms with van der Waals surface area (Å²) in [6, 6.07) is 17.4. The highest BCUT2D eigenvalue weighted by Crippen LogP contribution is 2.24. The lowest BCUT2D eigenvalue weighted by atomic mass is 10.2. The summed E-state index contributed by atoms with van der Waals surface area (Å²) in [5.41, 5.74) is 1.61. The Hall–Kier alpha value is -4.31. The number of hydrogen-bond donors (Lipinski definition) is 2. The van der Waals surface area contributed by atoms with Crippen LogP contribution in [0.1, 0.15) is 5.82 Å². The second-order valence-corrected chi connectivity index (χ2v) is 8.90. The smallest absolute Gasteiger partial charge is 0.264 e. The van der Waals surface area contributed by atoms with Crippen molar-refractivity contribution in [3.05, 3.63) is 91.4 Å². The number of benzene rings is 2. The highest BCUT2D eigenvalue weighted by atomic mass is 32.2. The average molecular weight is 458 g/mol. The first-order valence-corrected chi connectivity index (χ1v) is 11.5. The van der Waals surface area contributed by atoms with Crippen molar-refractivity contribution in [1.82, 2.24) is 24.5 Å². The first-order valence-electron chi connectivity index (χ1n) is 10.1. The molecule has 0 unspecified atom stereocenters. The molecule has 164 valence electrons. The van der Waals surface area contributed by atoms with E-state index in [1.165, 1.54) is 6.33 Å². The average Bonchev–Trinajstić information content (AvgIpc) is 3.26. The lowest BCUT2D eigenvalue weighted by molar-refractivity contribution is 0.602. The number of pyridine rings is 1. The molecule has 0 atom stereocenters. The zero-order valence-electron chi connectivity index (χ0n) is 17.5. The van der Waals surface area contributed by atoms with Gasteiger partial charge in [0.2, 0.25) is 0 Å². The number of hydrogen-bond acceptors (Lipinski definition) is 7. The molecule has 0 saturated carbocycles. The summed E-state index contributed by atoms with van der Waals surface area (Å²) in [6.45, 7) is 1.89. The number of nitrogens with zero attached hydrogens (tertiary/aromatic N) is 5. The third-order valence-electron chi connectivity index (χ3n) is 5.02. The SMILES string of the molecule is Cc1nccn1-c1cc(Nc2ccc(NS(=O)(=O)c3cccc4cccnc34)cc2)ncn1. The van der Waals surface area contributed by atoms with Crippen LogP contribution in [-0.2, 0) is 10.0 Å². The van der Waals surface area contributed by atoms with E-state index in [0.29, 0.717) is 22.8 Å². The van der Waals surface area contributed by atoms with Crippen molar-refractivity contribution in [3.63, 3.8) is 0 Å². The van der Waals surface area contributed by atoms with Gasteiger partial charge in [0.15, 0.2) is 0 Å². The van der Waals surface area contributed by atoms with Crippen LogP contribution in [0.5, 0.6) is 0 Å². The summed E-state index contributed by atoms with van der Waals surface area (Å²) >= 11 is 0. The molecule has 9 nitrogen and oxygen atoms in total. The lowest BCUT2D eigenvalue weighted by Gasteiger charge is -2.11. The Bertz CT molecular complexity index is 1540.